The minimum Gasteiger partial charge on any atom is -0.298 e. The highest BCUT2D eigenvalue weighted by Crippen LogP contribution is 2.20. The molecule has 0 atom stereocenters. The standard InChI is InChI=1S/C26H25N/c1-27(20-25-12-7-11-24-10-5-6-13-26(24)25)19-23-16-14-22(15-17-23)18-21-8-3-2-4-9-21/h2-17H,18-20H2,1H3. The highest BCUT2D eigenvalue weighted by atomic mass is 15.1. The van der Waals surface area contributed by atoms with Crippen LogP contribution in [0.5, 0.6) is 0 Å². The van der Waals surface area contributed by atoms with Gasteiger partial charge >= 0.3 is 0 Å². The van der Waals surface area contributed by atoms with Crippen LogP contribution in [0.4, 0.5) is 0 Å². The van der Waals surface area contributed by atoms with E-state index in [1.165, 1.54) is 33.0 Å². The van der Waals surface area contributed by atoms with Gasteiger partial charge in [0.15, 0.2) is 0 Å². The van der Waals surface area contributed by atoms with E-state index in [-0.39, 0.29) is 0 Å². The van der Waals surface area contributed by atoms with E-state index in [1.807, 2.05) is 0 Å². The zero-order chi connectivity index (χ0) is 18.5. The molecule has 0 unspecified atom stereocenters. The summed E-state index contributed by atoms with van der Waals surface area (Å²) in [6, 6.07) is 34.9. The van der Waals surface area contributed by atoms with Gasteiger partial charge in [0.1, 0.15) is 0 Å². The molecule has 0 amide bonds. The molecule has 0 saturated heterocycles. The van der Waals surface area contributed by atoms with Crippen LogP contribution < -0.4 is 0 Å². The normalized spacial score (nSPS) is 11.2. The van der Waals surface area contributed by atoms with Crippen LogP contribution >= 0.6 is 0 Å². The molecule has 0 aliphatic heterocycles. The third-order valence-corrected chi connectivity index (χ3v) is 5.05. The monoisotopic (exact) mass is 351 g/mol. The summed E-state index contributed by atoms with van der Waals surface area (Å²) in [6.45, 7) is 1.90. The van der Waals surface area contributed by atoms with Crippen LogP contribution in [0.25, 0.3) is 10.8 Å². The van der Waals surface area contributed by atoms with E-state index in [1.54, 1.807) is 0 Å². The van der Waals surface area contributed by atoms with Crippen molar-refractivity contribution in [1.29, 1.82) is 0 Å². The number of hydrogen-bond donors (Lipinski definition) is 0. The largest absolute Gasteiger partial charge is 0.298 e. The number of nitrogens with zero attached hydrogens (tertiary/aromatic N) is 1. The van der Waals surface area contributed by atoms with Crippen molar-refractivity contribution in [2.45, 2.75) is 19.5 Å². The van der Waals surface area contributed by atoms with Crippen LogP contribution in [0.15, 0.2) is 97.1 Å². The maximum atomic E-state index is 2.38. The predicted molar refractivity (Wildman–Crippen MR) is 115 cm³/mol. The van der Waals surface area contributed by atoms with Gasteiger partial charge in [0.2, 0.25) is 0 Å². The van der Waals surface area contributed by atoms with E-state index in [0.29, 0.717) is 0 Å². The van der Waals surface area contributed by atoms with Crippen molar-refractivity contribution in [2.24, 2.45) is 0 Å². The molecule has 0 radical (unpaired) electrons. The van der Waals surface area contributed by atoms with Crippen molar-refractivity contribution in [3.63, 3.8) is 0 Å². The van der Waals surface area contributed by atoms with E-state index < -0.39 is 0 Å². The van der Waals surface area contributed by atoms with E-state index >= 15 is 0 Å². The third kappa shape index (κ3) is 4.45. The molecule has 4 rings (SSSR count). The maximum absolute atomic E-state index is 2.38. The fourth-order valence-corrected chi connectivity index (χ4v) is 3.68. The van der Waals surface area contributed by atoms with Gasteiger partial charge in [-0.3, -0.25) is 4.90 Å². The summed E-state index contributed by atoms with van der Waals surface area (Å²) >= 11 is 0. The summed E-state index contributed by atoms with van der Waals surface area (Å²) in [7, 11) is 2.19. The molecule has 1 nitrogen and oxygen atoms in total. The van der Waals surface area contributed by atoms with Crippen LogP contribution in [0.3, 0.4) is 0 Å². The van der Waals surface area contributed by atoms with Crippen molar-refractivity contribution in [1.82, 2.24) is 4.90 Å². The van der Waals surface area contributed by atoms with Gasteiger partial charge in [-0.25, -0.2) is 0 Å². The smallest absolute Gasteiger partial charge is 0.0240 e. The zero-order valence-electron chi connectivity index (χ0n) is 15.8. The lowest BCUT2D eigenvalue weighted by molar-refractivity contribution is 0.320. The lowest BCUT2D eigenvalue weighted by atomic mass is 10.0. The summed E-state index contributed by atoms with van der Waals surface area (Å²) in [6.07, 6.45) is 0.993. The lowest BCUT2D eigenvalue weighted by Gasteiger charge is -2.18. The maximum Gasteiger partial charge on any atom is 0.0240 e. The van der Waals surface area contributed by atoms with E-state index in [9.17, 15) is 0 Å². The first-order valence-corrected chi connectivity index (χ1v) is 9.55. The molecule has 4 aromatic carbocycles. The quantitative estimate of drug-likeness (QED) is 0.408. The summed E-state index contributed by atoms with van der Waals surface area (Å²) < 4.78 is 0. The summed E-state index contributed by atoms with van der Waals surface area (Å²) in [5.41, 5.74) is 5.46. The Morgan fingerprint density at radius 1 is 0.556 bits per heavy atom. The molecular weight excluding hydrogens is 326 g/mol. The number of fused-ring (bicyclic) bond motifs is 1. The Morgan fingerprint density at radius 2 is 1.19 bits per heavy atom. The molecule has 0 aliphatic rings. The van der Waals surface area contributed by atoms with Gasteiger partial charge in [-0.15, -0.1) is 0 Å². The Hall–Kier alpha value is -2.90. The van der Waals surface area contributed by atoms with Gasteiger partial charge in [0, 0.05) is 13.1 Å². The minimum absolute atomic E-state index is 0.952. The molecule has 0 heterocycles. The Balaban J connectivity index is 1.41. The van der Waals surface area contributed by atoms with Crippen LogP contribution in [0.1, 0.15) is 22.3 Å². The molecule has 0 N–H and O–H groups in total. The van der Waals surface area contributed by atoms with Gasteiger partial charge in [-0.05, 0) is 46.5 Å². The molecular formula is C26H25N. The summed E-state index contributed by atoms with van der Waals surface area (Å²) in [5.74, 6) is 0. The first kappa shape index (κ1) is 17.5. The number of rotatable bonds is 6. The molecule has 4 aromatic rings. The second-order valence-electron chi connectivity index (χ2n) is 7.29. The van der Waals surface area contributed by atoms with Crippen molar-refractivity contribution in [3.05, 3.63) is 119 Å². The fraction of sp³-hybridized carbons (Fsp3) is 0.154. The molecule has 0 aliphatic carbocycles. The van der Waals surface area contributed by atoms with Gasteiger partial charge in [-0.1, -0.05) is 97.1 Å². The van der Waals surface area contributed by atoms with Crippen LogP contribution in [0, 0.1) is 0 Å². The molecule has 0 saturated carbocycles. The Morgan fingerprint density at radius 3 is 2.00 bits per heavy atom. The minimum atomic E-state index is 0.952. The molecule has 27 heavy (non-hydrogen) atoms. The molecule has 0 bridgehead atoms. The van der Waals surface area contributed by atoms with Gasteiger partial charge in [0.05, 0.1) is 0 Å². The van der Waals surface area contributed by atoms with Crippen LogP contribution in [-0.2, 0) is 19.5 Å². The Kier molecular flexibility index (Phi) is 5.32. The van der Waals surface area contributed by atoms with Crippen molar-refractivity contribution >= 4 is 10.8 Å². The SMILES string of the molecule is CN(Cc1ccc(Cc2ccccc2)cc1)Cc1cccc2ccccc12. The topological polar surface area (TPSA) is 3.24 Å². The average Bonchev–Trinajstić information content (AvgIpc) is 2.71. The number of benzene rings is 4. The lowest BCUT2D eigenvalue weighted by Crippen LogP contribution is -2.17. The first-order chi connectivity index (χ1) is 13.3. The molecule has 0 aromatic heterocycles. The first-order valence-electron chi connectivity index (χ1n) is 9.55. The van der Waals surface area contributed by atoms with E-state index in [4.69, 9.17) is 0 Å². The highest BCUT2D eigenvalue weighted by molar-refractivity contribution is 5.85. The molecule has 0 spiro atoms. The Bertz CT molecular complexity index is 998. The molecule has 134 valence electrons. The van der Waals surface area contributed by atoms with Crippen LogP contribution in [0.2, 0.25) is 0 Å². The average molecular weight is 351 g/mol. The Labute approximate surface area is 161 Å². The summed E-state index contributed by atoms with van der Waals surface area (Å²) in [4.78, 5) is 2.38. The fourth-order valence-electron chi connectivity index (χ4n) is 3.68. The van der Waals surface area contributed by atoms with Gasteiger partial charge in [-0.2, -0.15) is 0 Å². The van der Waals surface area contributed by atoms with E-state index in [2.05, 4.69) is 109 Å². The second kappa shape index (κ2) is 8.20. The molecule has 0 fully saturated rings. The zero-order valence-corrected chi connectivity index (χ0v) is 15.8. The van der Waals surface area contributed by atoms with Gasteiger partial charge < -0.3 is 0 Å². The third-order valence-electron chi connectivity index (χ3n) is 5.05. The van der Waals surface area contributed by atoms with Crippen molar-refractivity contribution < 1.29 is 0 Å². The van der Waals surface area contributed by atoms with Crippen molar-refractivity contribution in [2.75, 3.05) is 7.05 Å². The van der Waals surface area contributed by atoms with Gasteiger partial charge in [0.25, 0.3) is 0 Å². The predicted octanol–water partition coefficient (Wildman–Crippen LogP) is 6.06. The number of hydrogen-bond acceptors (Lipinski definition) is 1. The summed E-state index contributed by atoms with van der Waals surface area (Å²) in [5, 5.41) is 2.67. The highest BCUT2D eigenvalue weighted by Gasteiger charge is 2.06. The van der Waals surface area contributed by atoms with Crippen molar-refractivity contribution in [3.8, 4) is 0 Å². The second-order valence-corrected chi connectivity index (χ2v) is 7.29. The molecule has 1 heteroatoms. The van der Waals surface area contributed by atoms with Crippen LogP contribution in [-0.4, -0.2) is 11.9 Å². The van der Waals surface area contributed by atoms with E-state index in [0.717, 1.165) is 19.5 Å².